The lowest BCUT2D eigenvalue weighted by molar-refractivity contribution is 0.0559. The van der Waals surface area contributed by atoms with Crippen molar-refractivity contribution < 1.29 is 25.9 Å². The van der Waals surface area contributed by atoms with Gasteiger partial charge in [-0.15, -0.1) is 13.2 Å². The second kappa shape index (κ2) is 13.9. The van der Waals surface area contributed by atoms with Crippen LogP contribution >= 0.6 is 0 Å². The third-order valence-electron chi connectivity index (χ3n) is 5.21. The van der Waals surface area contributed by atoms with Gasteiger partial charge in [-0.05, 0) is 64.0 Å². The summed E-state index contributed by atoms with van der Waals surface area (Å²) in [4.78, 5) is 0. The van der Waals surface area contributed by atoms with E-state index in [0.717, 1.165) is 18.2 Å². The van der Waals surface area contributed by atoms with Crippen molar-refractivity contribution in [3.63, 3.8) is 0 Å². The van der Waals surface area contributed by atoms with Gasteiger partial charge >= 0.3 is 25.7 Å². The highest BCUT2D eigenvalue weighted by atomic mass is 28.5. The number of hydrogen-bond acceptors (Lipinski definition) is 6. The molecule has 0 saturated carbocycles. The first-order chi connectivity index (χ1) is 16.1. The molecule has 0 heterocycles. The molecule has 6 nitrogen and oxygen atoms in total. The standard InChI is InChI=1S/C24H48O6Si5/c1-12-20-25-21-22-26-23-34(10,28-32(6,7)14-3)30-35(11,24-18-16-15-17-19-24)29-33(8,9)27-31(4,5)13-2/h13-19H,2-3,12,20-23H2,1,4-11H3. The lowest BCUT2D eigenvalue weighted by Gasteiger charge is -2.44. The Morgan fingerprint density at radius 3 is 1.77 bits per heavy atom. The smallest absolute Gasteiger partial charge is 0.351 e. The van der Waals surface area contributed by atoms with Crippen molar-refractivity contribution in [2.75, 3.05) is 26.1 Å². The SMILES string of the molecule is C=C[Si](C)(C)O[Si](C)(C)O[Si](C)(O[Si](C)(COCCOCCC)O[Si](C)(C)C=C)c1ccccc1. The van der Waals surface area contributed by atoms with Gasteiger partial charge in [0.2, 0.25) is 0 Å². The minimum atomic E-state index is -2.96. The molecule has 0 N–H and O–H groups in total. The van der Waals surface area contributed by atoms with E-state index in [1.54, 1.807) is 0 Å². The zero-order valence-electron chi connectivity index (χ0n) is 23.4. The topological polar surface area (TPSA) is 55.4 Å². The quantitative estimate of drug-likeness (QED) is 0.167. The Hall–Kier alpha value is -0.456. The first-order valence-corrected chi connectivity index (χ1v) is 26.0. The summed E-state index contributed by atoms with van der Waals surface area (Å²) in [6.45, 7) is 28.8. The van der Waals surface area contributed by atoms with Crippen LogP contribution < -0.4 is 5.19 Å². The maximum Gasteiger partial charge on any atom is 0.351 e. The third-order valence-corrected chi connectivity index (χ3v) is 24.0. The van der Waals surface area contributed by atoms with Gasteiger partial charge in [-0.1, -0.05) is 48.7 Å². The monoisotopic (exact) mass is 572 g/mol. The summed E-state index contributed by atoms with van der Waals surface area (Å²) in [6.07, 6.45) is 1.38. The Balaban J connectivity index is 3.28. The highest BCUT2D eigenvalue weighted by molar-refractivity contribution is 6.96. The summed E-state index contributed by atoms with van der Waals surface area (Å²) >= 11 is 0. The lowest BCUT2D eigenvalue weighted by atomic mass is 10.4. The van der Waals surface area contributed by atoms with Crippen molar-refractivity contribution in [2.24, 2.45) is 0 Å². The molecule has 0 spiro atoms. The fraction of sp³-hybridized carbons (Fsp3) is 0.583. The number of hydrogen-bond donors (Lipinski definition) is 0. The minimum Gasteiger partial charge on any atom is -0.433 e. The Bertz CT molecular complexity index is 792. The molecule has 1 rings (SSSR count). The fourth-order valence-electron chi connectivity index (χ4n) is 3.76. The van der Waals surface area contributed by atoms with E-state index in [9.17, 15) is 0 Å². The summed E-state index contributed by atoms with van der Waals surface area (Å²) in [5, 5.41) is 1.05. The van der Waals surface area contributed by atoms with Crippen molar-refractivity contribution in [3.8, 4) is 0 Å². The Kier molecular flexibility index (Phi) is 12.9. The molecule has 2 atom stereocenters. The lowest BCUT2D eigenvalue weighted by Crippen LogP contribution is -2.66. The number of rotatable bonds is 18. The van der Waals surface area contributed by atoms with Crippen molar-refractivity contribution in [3.05, 3.63) is 54.9 Å². The van der Waals surface area contributed by atoms with Crippen LogP contribution in [-0.4, -0.2) is 68.4 Å². The molecule has 0 radical (unpaired) electrons. The van der Waals surface area contributed by atoms with Crippen LogP contribution in [-0.2, 0) is 25.9 Å². The molecule has 0 aliphatic heterocycles. The fourth-order valence-corrected chi connectivity index (χ4v) is 25.3. The van der Waals surface area contributed by atoms with Crippen LogP contribution in [0.2, 0.25) is 52.4 Å². The largest absolute Gasteiger partial charge is 0.433 e. The van der Waals surface area contributed by atoms with Crippen molar-refractivity contribution in [2.45, 2.75) is 65.7 Å². The zero-order chi connectivity index (χ0) is 26.8. The molecule has 1 aromatic carbocycles. The van der Waals surface area contributed by atoms with E-state index >= 15 is 0 Å². The van der Waals surface area contributed by atoms with E-state index in [4.69, 9.17) is 25.9 Å². The Labute approximate surface area is 219 Å². The van der Waals surface area contributed by atoms with E-state index in [-0.39, 0.29) is 0 Å². The molecule has 0 fully saturated rings. The molecule has 11 heteroatoms. The van der Waals surface area contributed by atoms with Crippen LogP contribution in [0.1, 0.15) is 13.3 Å². The second-order valence-corrected chi connectivity index (χ2v) is 28.9. The number of ether oxygens (including phenoxy) is 2. The highest BCUT2D eigenvalue weighted by Gasteiger charge is 2.51. The molecule has 0 amide bonds. The van der Waals surface area contributed by atoms with Gasteiger partial charge in [0.25, 0.3) is 0 Å². The van der Waals surface area contributed by atoms with Crippen molar-refractivity contribution in [1.29, 1.82) is 0 Å². The zero-order valence-corrected chi connectivity index (χ0v) is 28.4. The maximum atomic E-state index is 7.06. The maximum absolute atomic E-state index is 7.06. The van der Waals surface area contributed by atoms with E-state index in [0.29, 0.717) is 19.4 Å². The Morgan fingerprint density at radius 2 is 1.23 bits per heavy atom. The van der Waals surface area contributed by atoms with E-state index in [1.807, 2.05) is 29.6 Å². The van der Waals surface area contributed by atoms with Gasteiger partial charge in [-0.2, -0.15) is 0 Å². The van der Waals surface area contributed by atoms with Gasteiger partial charge in [0, 0.05) is 6.61 Å². The minimum absolute atomic E-state index is 0.390. The van der Waals surface area contributed by atoms with Gasteiger partial charge in [0.15, 0.2) is 16.6 Å². The van der Waals surface area contributed by atoms with Gasteiger partial charge in [-0.25, -0.2) is 0 Å². The average Bonchev–Trinajstić information content (AvgIpc) is 2.75. The molecule has 0 aliphatic carbocycles. The molecule has 1 aromatic rings. The molecule has 35 heavy (non-hydrogen) atoms. The predicted molar refractivity (Wildman–Crippen MR) is 158 cm³/mol. The first-order valence-electron chi connectivity index (χ1n) is 12.4. The van der Waals surface area contributed by atoms with Gasteiger partial charge in [-0.3, -0.25) is 0 Å². The van der Waals surface area contributed by atoms with Crippen LogP contribution in [0.15, 0.2) is 54.9 Å². The van der Waals surface area contributed by atoms with Gasteiger partial charge in [0.1, 0.15) is 0 Å². The number of benzene rings is 1. The van der Waals surface area contributed by atoms with Crippen LogP contribution in [0.5, 0.6) is 0 Å². The summed E-state index contributed by atoms with van der Waals surface area (Å²) in [5.74, 6) is 0. The van der Waals surface area contributed by atoms with Crippen LogP contribution in [0.4, 0.5) is 0 Å². The molecule has 0 aliphatic rings. The van der Waals surface area contributed by atoms with Crippen LogP contribution in [0.25, 0.3) is 0 Å². The van der Waals surface area contributed by atoms with Gasteiger partial charge < -0.3 is 25.9 Å². The molecular formula is C24H48O6Si5. The summed E-state index contributed by atoms with van der Waals surface area (Å²) in [5.41, 5.74) is 3.89. The first kappa shape index (κ1) is 32.6. The van der Waals surface area contributed by atoms with E-state index in [2.05, 4.69) is 84.6 Å². The highest BCUT2D eigenvalue weighted by Crippen LogP contribution is 2.27. The molecule has 0 saturated heterocycles. The van der Waals surface area contributed by atoms with Gasteiger partial charge in [0.05, 0.1) is 19.4 Å². The third kappa shape index (κ3) is 12.1. The van der Waals surface area contributed by atoms with Crippen molar-refractivity contribution >= 4 is 47.5 Å². The molecule has 0 aromatic heterocycles. The normalized spacial score (nSPS) is 16.4. The predicted octanol–water partition coefficient (Wildman–Crippen LogP) is 5.65. The Morgan fingerprint density at radius 1 is 0.686 bits per heavy atom. The molecule has 200 valence electrons. The van der Waals surface area contributed by atoms with Crippen LogP contribution in [0.3, 0.4) is 0 Å². The summed E-state index contributed by atoms with van der Waals surface area (Å²) < 4.78 is 39.0. The van der Waals surface area contributed by atoms with E-state index < -0.39 is 42.3 Å². The molecule has 0 bridgehead atoms. The molecule has 2 unspecified atom stereocenters. The summed E-state index contributed by atoms with van der Waals surface area (Å²) in [6, 6.07) is 10.2. The summed E-state index contributed by atoms with van der Waals surface area (Å²) in [7, 11) is -12.6. The average molecular weight is 573 g/mol. The molecular weight excluding hydrogens is 525 g/mol. The van der Waals surface area contributed by atoms with Crippen LogP contribution in [0, 0.1) is 0 Å². The van der Waals surface area contributed by atoms with E-state index in [1.165, 1.54) is 0 Å². The van der Waals surface area contributed by atoms with Crippen molar-refractivity contribution in [1.82, 2.24) is 0 Å². The second-order valence-electron chi connectivity index (χ2n) is 10.5.